The molecule has 4 rings (SSSR count). The van der Waals surface area contributed by atoms with Gasteiger partial charge in [-0.3, -0.25) is 4.79 Å². The summed E-state index contributed by atoms with van der Waals surface area (Å²) in [6.07, 6.45) is 2.60. The lowest BCUT2D eigenvalue weighted by Crippen LogP contribution is -2.34. The van der Waals surface area contributed by atoms with Gasteiger partial charge < -0.3 is 24.0 Å². The largest absolute Gasteiger partial charge is 0.493 e. The van der Waals surface area contributed by atoms with Crippen LogP contribution in [0.15, 0.2) is 60.7 Å². The first-order chi connectivity index (χ1) is 18.5. The molecule has 3 aromatic rings. The molecule has 6 nitrogen and oxygen atoms in total. The minimum Gasteiger partial charge on any atom is -0.493 e. The molecule has 0 saturated heterocycles. The third-order valence-electron chi connectivity index (χ3n) is 6.92. The highest BCUT2D eigenvalue weighted by molar-refractivity contribution is 5.69. The number of methoxy groups -OCH3 is 1. The highest BCUT2D eigenvalue weighted by atomic mass is 19.1. The smallest absolute Gasteiger partial charge is 0.306 e. The molecule has 0 N–H and O–H groups in total. The van der Waals surface area contributed by atoms with E-state index in [4.69, 9.17) is 14.2 Å². The van der Waals surface area contributed by atoms with Gasteiger partial charge in [0.1, 0.15) is 12.4 Å². The van der Waals surface area contributed by atoms with Crippen molar-refractivity contribution in [1.29, 1.82) is 0 Å². The summed E-state index contributed by atoms with van der Waals surface area (Å²) in [7, 11) is 3.63. The van der Waals surface area contributed by atoms with E-state index < -0.39 is 0 Å². The van der Waals surface area contributed by atoms with Crippen LogP contribution < -0.4 is 19.3 Å². The molecule has 3 aromatic carbocycles. The molecule has 0 atom stereocenters. The summed E-state index contributed by atoms with van der Waals surface area (Å²) in [5.41, 5.74) is 5.16. The van der Waals surface area contributed by atoms with E-state index in [0.29, 0.717) is 31.7 Å². The maximum Gasteiger partial charge on any atom is 0.306 e. The first-order valence-corrected chi connectivity index (χ1v) is 13.3. The number of aryl methyl sites for hydroxylation is 1. The normalized spacial score (nSPS) is 12.6. The maximum absolute atomic E-state index is 14.8. The molecule has 0 aliphatic carbocycles. The zero-order valence-corrected chi connectivity index (χ0v) is 22.5. The first-order valence-electron chi connectivity index (χ1n) is 13.3. The number of anilines is 2. The van der Waals surface area contributed by atoms with Gasteiger partial charge in [-0.1, -0.05) is 30.3 Å². The molecular formula is C31H37FN2O4. The Kier molecular flexibility index (Phi) is 9.46. The molecule has 0 amide bonds. The fraction of sp³-hybridized carbons (Fsp3) is 0.387. The molecule has 0 radical (unpaired) electrons. The summed E-state index contributed by atoms with van der Waals surface area (Å²) in [5, 5.41) is 0. The number of benzene rings is 3. The van der Waals surface area contributed by atoms with Gasteiger partial charge in [0.15, 0.2) is 11.5 Å². The molecule has 1 aliphatic rings. The van der Waals surface area contributed by atoms with E-state index in [9.17, 15) is 9.18 Å². The number of carbonyl (C=O) groups is 1. The Bertz CT molecular complexity index is 1230. The topological polar surface area (TPSA) is 51.2 Å². The Hall–Kier alpha value is -3.74. The standard InChI is InChI=1S/C31H37FN2O4/c1-4-37-31(35)17-15-23-14-16-25(21-27(23)32)33(2)22-24-9-7-11-28-26(24)10-8-18-34(28)19-20-38-30-13-6-5-12-29(30)36-3/h5-7,9,11-14,16,21H,4,8,10,15,17-20,22H2,1-3H3. The summed E-state index contributed by atoms with van der Waals surface area (Å²) >= 11 is 0. The van der Waals surface area contributed by atoms with E-state index in [-0.39, 0.29) is 18.2 Å². The predicted octanol–water partition coefficient (Wildman–Crippen LogP) is 5.80. The van der Waals surface area contributed by atoms with Crippen LogP contribution in [0.2, 0.25) is 0 Å². The molecule has 0 saturated carbocycles. The van der Waals surface area contributed by atoms with Crippen LogP contribution >= 0.6 is 0 Å². The average Bonchev–Trinajstić information content (AvgIpc) is 2.93. The van der Waals surface area contributed by atoms with Crippen LogP contribution in [0.4, 0.5) is 15.8 Å². The van der Waals surface area contributed by atoms with E-state index in [0.717, 1.165) is 43.1 Å². The Morgan fingerprint density at radius 3 is 2.63 bits per heavy atom. The minimum absolute atomic E-state index is 0.177. The number of hydrogen-bond acceptors (Lipinski definition) is 6. The van der Waals surface area contributed by atoms with Crippen LogP contribution in [0, 0.1) is 5.82 Å². The van der Waals surface area contributed by atoms with E-state index in [1.165, 1.54) is 16.8 Å². The molecule has 0 bridgehead atoms. The lowest BCUT2D eigenvalue weighted by molar-refractivity contribution is -0.143. The molecule has 1 heterocycles. The molecule has 202 valence electrons. The maximum atomic E-state index is 14.8. The number of nitrogens with zero attached hydrogens (tertiary/aromatic N) is 2. The predicted molar refractivity (Wildman–Crippen MR) is 149 cm³/mol. The van der Waals surface area contributed by atoms with Crippen LogP contribution in [0.5, 0.6) is 11.5 Å². The molecule has 0 aromatic heterocycles. The Morgan fingerprint density at radius 2 is 1.87 bits per heavy atom. The Balaban J connectivity index is 1.40. The third kappa shape index (κ3) is 6.77. The first kappa shape index (κ1) is 27.3. The quantitative estimate of drug-likeness (QED) is 0.282. The van der Waals surface area contributed by atoms with Crippen molar-refractivity contribution in [2.75, 3.05) is 50.3 Å². The molecule has 0 fully saturated rings. The Labute approximate surface area is 224 Å². The van der Waals surface area contributed by atoms with Gasteiger partial charge in [-0.15, -0.1) is 0 Å². The van der Waals surface area contributed by atoms with Crippen molar-refractivity contribution in [3.05, 3.63) is 83.2 Å². The van der Waals surface area contributed by atoms with Crippen molar-refractivity contribution in [2.45, 2.75) is 39.2 Å². The van der Waals surface area contributed by atoms with Crippen LogP contribution in [0.1, 0.15) is 36.5 Å². The fourth-order valence-corrected chi connectivity index (χ4v) is 4.95. The van der Waals surface area contributed by atoms with Gasteiger partial charge in [0.05, 0.1) is 20.3 Å². The number of rotatable bonds is 12. The zero-order chi connectivity index (χ0) is 26.9. The second-order valence-electron chi connectivity index (χ2n) is 9.44. The fourth-order valence-electron chi connectivity index (χ4n) is 4.95. The third-order valence-corrected chi connectivity index (χ3v) is 6.92. The molecule has 0 unspecified atom stereocenters. The van der Waals surface area contributed by atoms with Gasteiger partial charge in [-0.05, 0) is 73.2 Å². The van der Waals surface area contributed by atoms with E-state index in [2.05, 4.69) is 28.0 Å². The second-order valence-corrected chi connectivity index (χ2v) is 9.44. The number of esters is 1. The van der Waals surface area contributed by atoms with Crippen molar-refractivity contribution in [1.82, 2.24) is 0 Å². The minimum atomic E-state index is -0.303. The number of para-hydroxylation sites is 2. The zero-order valence-electron chi connectivity index (χ0n) is 22.5. The summed E-state index contributed by atoms with van der Waals surface area (Å²) in [5.74, 6) is 0.888. The van der Waals surface area contributed by atoms with Crippen LogP contribution in [-0.4, -0.2) is 46.4 Å². The van der Waals surface area contributed by atoms with Crippen molar-refractivity contribution in [3.8, 4) is 11.5 Å². The van der Waals surface area contributed by atoms with Gasteiger partial charge in [-0.25, -0.2) is 4.39 Å². The summed E-state index contributed by atoms with van der Waals surface area (Å²) in [4.78, 5) is 16.1. The van der Waals surface area contributed by atoms with Crippen molar-refractivity contribution >= 4 is 17.3 Å². The van der Waals surface area contributed by atoms with Gasteiger partial charge in [0, 0.05) is 37.9 Å². The summed E-state index contributed by atoms with van der Waals surface area (Å²) in [6.45, 7) is 5.11. The van der Waals surface area contributed by atoms with Crippen LogP contribution in [0.3, 0.4) is 0 Å². The molecular weight excluding hydrogens is 483 g/mol. The van der Waals surface area contributed by atoms with E-state index >= 15 is 0 Å². The number of hydrogen-bond donors (Lipinski definition) is 0. The molecule has 7 heteroatoms. The summed E-state index contributed by atoms with van der Waals surface area (Å²) < 4.78 is 31.2. The molecule has 1 aliphatic heterocycles. The SMILES string of the molecule is CCOC(=O)CCc1ccc(N(C)Cc2cccc3c2CCCN3CCOc2ccccc2OC)cc1F. The molecule has 38 heavy (non-hydrogen) atoms. The highest BCUT2D eigenvalue weighted by Crippen LogP contribution is 2.32. The van der Waals surface area contributed by atoms with Crippen molar-refractivity contribution < 1.29 is 23.4 Å². The van der Waals surface area contributed by atoms with Gasteiger partial charge in [0.25, 0.3) is 0 Å². The van der Waals surface area contributed by atoms with E-state index in [1.807, 2.05) is 37.4 Å². The molecule has 0 spiro atoms. The van der Waals surface area contributed by atoms with Gasteiger partial charge in [0.2, 0.25) is 0 Å². The van der Waals surface area contributed by atoms with Gasteiger partial charge in [-0.2, -0.15) is 0 Å². The monoisotopic (exact) mass is 520 g/mol. The van der Waals surface area contributed by atoms with Crippen molar-refractivity contribution in [2.24, 2.45) is 0 Å². The lowest BCUT2D eigenvalue weighted by atomic mass is 9.95. The lowest BCUT2D eigenvalue weighted by Gasteiger charge is -2.33. The summed E-state index contributed by atoms with van der Waals surface area (Å²) in [6, 6.07) is 19.4. The number of halogens is 1. The van der Waals surface area contributed by atoms with Crippen LogP contribution in [-0.2, 0) is 28.9 Å². The van der Waals surface area contributed by atoms with Crippen LogP contribution in [0.25, 0.3) is 0 Å². The Morgan fingerprint density at radius 1 is 1.05 bits per heavy atom. The number of ether oxygens (including phenoxy) is 3. The van der Waals surface area contributed by atoms with Crippen molar-refractivity contribution in [3.63, 3.8) is 0 Å². The van der Waals surface area contributed by atoms with Gasteiger partial charge >= 0.3 is 5.97 Å². The number of fused-ring (bicyclic) bond motifs is 1. The second kappa shape index (κ2) is 13.2. The number of carbonyl (C=O) groups excluding carboxylic acids is 1. The van der Waals surface area contributed by atoms with E-state index in [1.54, 1.807) is 26.2 Å². The average molecular weight is 521 g/mol. The highest BCUT2D eigenvalue weighted by Gasteiger charge is 2.20.